The summed E-state index contributed by atoms with van der Waals surface area (Å²) in [5, 5.41) is 2.86. The van der Waals surface area contributed by atoms with Crippen LogP contribution < -0.4 is 5.32 Å². The van der Waals surface area contributed by atoms with E-state index in [0.717, 1.165) is 0 Å². The third-order valence-corrected chi connectivity index (χ3v) is 3.13. The average molecular weight is 311 g/mol. The number of carbonyl (C=O) groups is 2. The van der Waals surface area contributed by atoms with Crippen LogP contribution in [0.5, 0.6) is 0 Å². The smallest absolute Gasteiger partial charge is 0.406 e. The summed E-state index contributed by atoms with van der Waals surface area (Å²) in [5.74, 6) is -0.0805. The summed E-state index contributed by atoms with van der Waals surface area (Å²) in [6.07, 6.45) is 3.31. The van der Waals surface area contributed by atoms with Crippen LogP contribution in [0.3, 0.4) is 0 Å². The molecule has 0 aliphatic rings. The van der Waals surface area contributed by atoms with Crippen LogP contribution in [0.25, 0.3) is 11.2 Å². The number of amides is 1. The van der Waals surface area contributed by atoms with Crippen LogP contribution in [0.4, 0.5) is 4.79 Å². The number of nitrogens with zero attached hydrogens (tertiary/aromatic N) is 3. The second-order valence-corrected chi connectivity index (χ2v) is 4.82. The van der Waals surface area contributed by atoms with Crippen molar-refractivity contribution in [2.45, 2.75) is 19.9 Å². The predicted octanol–water partition coefficient (Wildman–Crippen LogP) is 2.03. The Morgan fingerprint density at radius 1 is 1.48 bits per heavy atom. The molecule has 2 aromatic rings. The molecule has 0 spiro atoms. The lowest BCUT2D eigenvalue weighted by Crippen LogP contribution is -2.24. The molecule has 0 radical (unpaired) electrons. The van der Waals surface area contributed by atoms with Gasteiger partial charge in [0.1, 0.15) is 10.7 Å². The highest BCUT2D eigenvalue weighted by Crippen LogP contribution is 2.20. The number of ketones is 1. The van der Waals surface area contributed by atoms with Crippen LogP contribution in [0, 0.1) is 0 Å². The Bertz CT molecular complexity index is 683. The number of hydrogen-bond donors (Lipinski definition) is 1. The maximum Gasteiger partial charge on any atom is 0.406 e. The minimum absolute atomic E-state index is 0.0805. The largest absolute Gasteiger partial charge is 0.453 e. The van der Waals surface area contributed by atoms with Crippen LogP contribution in [0.15, 0.2) is 12.4 Å². The summed E-state index contributed by atoms with van der Waals surface area (Å²) in [5.41, 5.74) is 1.61. The molecule has 2 rings (SSSR count). The molecule has 0 aliphatic carbocycles. The third-order valence-electron chi connectivity index (χ3n) is 2.95. The van der Waals surface area contributed by atoms with Gasteiger partial charge in [0.2, 0.25) is 0 Å². The number of methoxy groups -OCH3 is 1. The summed E-state index contributed by atoms with van der Waals surface area (Å²) in [7, 11) is 1.31. The maximum atomic E-state index is 11.6. The fraction of sp³-hybridized carbons (Fsp3) is 0.385. The Kier molecular flexibility index (Phi) is 4.74. The fourth-order valence-electron chi connectivity index (χ4n) is 1.97. The lowest BCUT2D eigenvalue weighted by Gasteiger charge is -2.05. The van der Waals surface area contributed by atoms with Gasteiger partial charge in [-0.25, -0.2) is 14.8 Å². The Labute approximate surface area is 126 Å². The quantitative estimate of drug-likeness (QED) is 0.674. The van der Waals surface area contributed by atoms with Gasteiger partial charge in [0.05, 0.1) is 18.9 Å². The average Bonchev–Trinajstić information content (AvgIpc) is 2.81. The topological polar surface area (TPSA) is 86.1 Å². The first kappa shape index (κ1) is 15.2. The van der Waals surface area contributed by atoms with Gasteiger partial charge >= 0.3 is 6.09 Å². The lowest BCUT2D eigenvalue weighted by atomic mass is 10.2. The highest BCUT2D eigenvalue weighted by molar-refractivity contribution is 6.29. The van der Waals surface area contributed by atoms with E-state index in [-0.39, 0.29) is 10.9 Å². The number of aryl methyl sites for hydroxylation is 1. The molecule has 0 saturated carbocycles. The summed E-state index contributed by atoms with van der Waals surface area (Å²) < 4.78 is 6.29. The van der Waals surface area contributed by atoms with Gasteiger partial charge in [-0.3, -0.25) is 4.79 Å². The molecule has 21 heavy (non-hydrogen) atoms. The zero-order valence-electron chi connectivity index (χ0n) is 11.7. The van der Waals surface area contributed by atoms with Crippen molar-refractivity contribution in [1.82, 2.24) is 19.9 Å². The van der Waals surface area contributed by atoms with Crippen LogP contribution in [-0.4, -0.2) is 40.1 Å². The molecule has 0 atom stereocenters. The van der Waals surface area contributed by atoms with Crippen molar-refractivity contribution < 1.29 is 14.3 Å². The van der Waals surface area contributed by atoms with E-state index in [1.54, 1.807) is 6.20 Å². The SMILES string of the molecule is COC(=O)NCCCn1cc(C(C)=O)c2ncc(Cl)nc21. The van der Waals surface area contributed by atoms with Crippen molar-refractivity contribution in [1.29, 1.82) is 0 Å². The second kappa shape index (κ2) is 6.53. The summed E-state index contributed by atoms with van der Waals surface area (Å²) in [6.45, 7) is 2.51. The Hall–Kier alpha value is -2.15. The first-order valence-electron chi connectivity index (χ1n) is 6.37. The Balaban J connectivity index is 2.17. The molecule has 8 heteroatoms. The van der Waals surface area contributed by atoms with E-state index in [1.807, 2.05) is 4.57 Å². The molecular formula is C13H15ClN4O3. The van der Waals surface area contributed by atoms with Crippen molar-refractivity contribution in [2.75, 3.05) is 13.7 Å². The Morgan fingerprint density at radius 2 is 2.24 bits per heavy atom. The Morgan fingerprint density at radius 3 is 2.90 bits per heavy atom. The molecule has 112 valence electrons. The first-order chi connectivity index (χ1) is 10.0. The minimum atomic E-state index is -0.473. The van der Waals surface area contributed by atoms with Crippen molar-refractivity contribution in [3.8, 4) is 0 Å². The van der Waals surface area contributed by atoms with Crippen LogP contribution in [0.1, 0.15) is 23.7 Å². The molecule has 1 N–H and O–H groups in total. The van der Waals surface area contributed by atoms with E-state index in [9.17, 15) is 9.59 Å². The number of hydrogen-bond acceptors (Lipinski definition) is 5. The van der Waals surface area contributed by atoms with E-state index in [1.165, 1.54) is 20.2 Å². The molecular weight excluding hydrogens is 296 g/mol. The standard InChI is InChI=1S/C13H15ClN4O3/c1-8(19)9-7-18(5-3-4-15-13(20)21-2)12-11(9)16-6-10(14)17-12/h6-7H,3-5H2,1-2H3,(H,15,20). The molecule has 2 heterocycles. The van der Waals surface area contributed by atoms with Crippen LogP contribution in [-0.2, 0) is 11.3 Å². The number of nitrogens with one attached hydrogen (secondary N) is 1. The molecule has 0 aromatic carbocycles. The molecule has 1 amide bonds. The monoisotopic (exact) mass is 310 g/mol. The second-order valence-electron chi connectivity index (χ2n) is 4.43. The van der Waals surface area contributed by atoms with Gasteiger partial charge in [-0.05, 0) is 13.3 Å². The highest BCUT2D eigenvalue weighted by atomic mass is 35.5. The number of alkyl carbamates (subject to hydrolysis) is 1. The summed E-state index contributed by atoms with van der Waals surface area (Å²) >= 11 is 5.86. The molecule has 0 saturated heterocycles. The minimum Gasteiger partial charge on any atom is -0.453 e. The molecule has 2 aromatic heterocycles. The molecule has 7 nitrogen and oxygen atoms in total. The van der Waals surface area contributed by atoms with E-state index in [0.29, 0.717) is 36.2 Å². The van der Waals surface area contributed by atoms with Crippen molar-refractivity contribution in [3.05, 3.63) is 23.1 Å². The van der Waals surface area contributed by atoms with Crippen LogP contribution >= 0.6 is 11.6 Å². The molecule has 0 aliphatic heterocycles. The number of halogens is 1. The zero-order chi connectivity index (χ0) is 15.4. The van der Waals surface area contributed by atoms with Crippen LogP contribution in [0.2, 0.25) is 5.15 Å². The maximum absolute atomic E-state index is 11.6. The van der Waals surface area contributed by atoms with Crippen molar-refractivity contribution >= 4 is 34.6 Å². The van der Waals surface area contributed by atoms with E-state index in [2.05, 4.69) is 20.0 Å². The van der Waals surface area contributed by atoms with Gasteiger partial charge in [-0.1, -0.05) is 11.6 Å². The lowest BCUT2D eigenvalue weighted by molar-refractivity contribution is 0.101. The van der Waals surface area contributed by atoms with Gasteiger partial charge in [-0.2, -0.15) is 0 Å². The van der Waals surface area contributed by atoms with Crippen molar-refractivity contribution in [3.63, 3.8) is 0 Å². The first-order valence-corrected chi connectivity index (χ1v) is 6.75. The van der Waals surface area contributed by atoms with Gasteiger partial charge in [0.15, 0.2) is 11.4 Å². The number of Topliss-reactive ketones (excluding diaryl/α,β-unsaturated/α-hetero) is 1. The summed E-state index contributed by atoms with van der Waals surface area (Å²) in [4.78, 5) is 31.0. The molecule has 0 fully saturated rings. The summed E-state index contributed by atoms with van der Waals surface area (Å²) in [6, 6.07) is 0. The predicted molar refractivity (Wildman–Crippen MR) is 77.6 cm³/mol. The number of rotatable bonds is 5. The van der Waals surface area contributed by atoms with Crippen molar-refractivity contribution in [2.24, 2.45) is 0 Å². The van der Waals surface area contributed by atoms with Gasteiger partial charge in [-0.15, -0.1) is 0 Å². The van der Waals surface area contributed by atoms with E-state index < -0.39 is 6.09 Å². The van der Waals surface area contributed by atoms with E-state index >= 15 is 0 Å². The molecule has 0 bridgehead atoms. The zero-order valence-corrected chi connectivity index (χ0v) is 12.5. The van der Waals surface area contributed by atoms with E-state index in [4.69, 9.17) is 11.6 Å². The van der Waals surface area contributed by atoms with Gasteiger partial charge < -0.3 is 14.6 Å². The number of carbonyl (C=O) groups excluding carboxylic acids is 2. The fourth-order valence-corrected chi connectivity index (χ4v) is 2.10. The number of ether oxygens (including phenoxy) is 1. The number of aromatic nitrogens is 3. The molecule has 0 unspecified atom stereocenters. The van der Waals surface area contributed by atoms with Gasteiger partial charge in [0.25, 0.3) is 0 Å². The highest BCUT2D eigenvalue weighted by Gasteiger charge is 2.14. The third kappa shape index (κ3) is 3.49. The number of fused-ring (bicyclic) bond motifs is 1. The van der Waals surface area contributed by atoms with Gasteiger partial charge in [0, 0.05) is 19.3 Å². The normalized spacial score (nSPS) is 10.6.